The number of pyridine rings is 1. The quantitative estimate of drug-likeness (QED) is 0.579. The van der Waals surface area contributed by atoms with E-state index in [2.05, 4.69) is 4.98 Å². The van der Waals surface area contributed by atoms with Gasteiger partial charge in [0.15, 0.2) is 0 Å². The molecule has 0 aliphatic heterocycles. The van der Waals surface area contributed by atoms with Crippen LogP contribution in [-0.4, -0.2) is 32.4 Å². The highest BCUT2D eigenvalue weighted by atomic mass is 35.5. The van der Waals surface area contributed by atoms with Crippen LogP contribution >= 0.6 is 11.6 Å². The number of benzene rings is 1. The van der Waals surface area contributed by atoms with Crippen LogP contribution in [0, 0.1) is 0 Å². The van der Waals surface area contributed by atoms with Gasteiger partial charge in [-0.15, -0.1) is 0 Å². The molecule has 0 atom stereocenters. The number of methoxy groups -OCH3 is 2. The summed E-state index contributed by atoms with van der Waals surface area (Å²) in [4.78, 5) is 4.38. The molecule has 108 valence electrons. The molecule has 2 rings (SSSR count). The maximum atomic E-state index is 6.18. The minimum Gasteiger partial charge on any atom is -0.497 e. The molecule has 0 fully saturated rings. The third kappa shape index (κ3) is 3.82. The van der Waals surface area contributed by atoms with Crippen LogP contribution in [-0.2, 0) is 16.1 Å². The number of ether oxygens (including phenoxy) is 3. The van der Waals surface area contributed by atoms with Crippen molar-refractivity contribution in [2.45, 2.75) is 13.0 Å². The fraction of sp³-hybridized carbons (Fsp3) is 0.400. The van der Waals surface area contributed by atoms with Crippen molar-refractivity contribution in [2.75, 3.05) is 27.4 Å². The van der Waals surface area contributed by atoms with Crippen molar-refractivity contribution in [3.05, 3.63) is 35.0 Å². The Bertz CT molecular complexity index is 574. The number of rotatable bonds is 7. The number of aromatic nitrogens is 1. The molecule has 0 aliphatic rings. The van der Waals surface area contributed by atoms with Gasteiger partial charge < -0.3 is 14.2 Å². The molecular weight excluding hydrogens is 278 g/mol. The second-order valence-electron chi connectivity index (χ2n) is 4.40. The van der Waals surface area contributed by atoms with Gasteiger partial charge in [0.25, 0.3) is 0 Å². The molecule has 1 heterocycles. The molecule has 0 N–H and O–H groups in total. The van der Waals surface area contributed by atoms with Crippen LogP contribution < -0.4 is 4.74 Å². The Labute approximate surface area is 123 Å². The average Bonchev–Trinajstić information content (AvgIpc) is 2.47. The molecule has 0 saturated heterocycles. The Kier molecular flexibility index (Phi) is 5.59. The summed E-state index contributed by atoms with van der Waals surface area (Å²) in [5, 5.41) is 1.49. The minimum atomic E-state index is 0.456. The molecule has 0 aliphatic carbocycles. The van der Waals surface area contributed by atoms with Gasteiger partial charge in [0, 0.05) is 37.3 Å². The summed E-state index contributed by atoms with van der Waals surface area (Å²) in [6.07, 6.45) is 0.867. The number of nitrogens with zero attached hydrogens (tertiary/aromatic N) is 1. The van der Waals surface area contributed by atoms with Gasteiger partial charge in [-0.3, -0.25) is 0 Å². The lowest BCUT2D eigenvalue weighted by Crippen LogP contribution is -2.00. The molecule has 4 nitrogen and oxygen atoms in total. The first-order valence-electron chi connectivity index (χ1n) is 6.44. The van der Waals surface area contributed by atoms with Gasteiger partial charge in [0.1, 0.15) is 10.9 Å². The predicted molar refractivity (Wildman–Crippen MR) is 79.5 cm³/mol. The van der Waals surface area contributed by atoms with E-state index >= 15 is 0 Å². The van der Waals surface area contributed by atoms with Gasteiger partial charge in [-0.25, -0.2) is 4.98 Å². The van der Waals surface area contributed by atoms with E-state index in [4.69, 9.17) is 25.8 Å². The molecule has 0 bridgehead atoms. The smallest absolute Gasteiger partial charge is 0.135 e. The van der Waals surface area contributed by atoms with Gasteiger partial charge in [-0.2, -0.15) is 0 Å². The normalized spacial score (nSPS) is 10.9. The van der Waals surface area contributed by atoms with Crippen molar-refractivity contribution in [1.82, 2.24) is 4.98 Å². The molecule has 0 amide bonds. The van der Waals surface area contributed by atoms with Crippen LogP contribution in [0.3, 0.4) is 0 Å². The lowest BCUT2D eigenvalue weighted by Gasteiger charge is -2.08. The third-order valence-corrected chi connectivity index (χ3v) is 3.27. The maximum absolute atomic E-state index is 6.18. The summed E-state index contributed by atoms with van der Waals surface area (Å²) in [6, 6.07) is 7.73. The number of fused-ring (bicyclic) bond motifs is 1. The van der Waals surface area contributed by atoms with E-state index in [1.54, 1.807) is 14.2 Å². The minimum absolute atomic E-state index is 0.456. The summed E-state index contributed by atoms with van der Waals surface area (Å²) in [5.41, 5.74) is 1.71. The van der Waals surface area contributed by atoms with Crippen molar-refractivity contribution in [3.63, 3.8) is 0 Å². The van der Waals surface area contributed by atoms with Crippen LogP contribution in [0.2, 0.25) is 5.15 Å². The van der Waals surface area contributed by atoms with Crippen molar-refractivity contribution in [1.29, 1.82) is 0 Å². The first-order valence-corrected chi connectivity index (χ1v) is 6.82. The van der Waals surface area contributed by atoms with Crippen LogP contribution in [0.25, 0.3) is 10.9 Å². The molecule has 2 aromatic rings. The lowest BCUT2D eigenvalue weighted by molar-refractivity contribution is 0.0928. The van der Waals surface area contributed by atoms with Gasteiger partial charge >= 0.3 is 0 Å². The Morgan fingerprint density at radius 3 is 2.75 bits per heavy atom. The summed E-state index contributed by atoms with van der Waals surface area (Å²) < 4.78 is 15.7. The molecule has 0 spiro atoms. The largest absolute Gasteiger partial charge is 0.497 e. The summed E-state index contributed by atoms with van der Waals surface area (Å²) >= 11 is 6.18. The van der Waals surface area contributed by atoms with Crippen LogP contribution in [0.15, 0.2) is 24.3 Å². The highest BCUT2D eigenvalue weighted by Crippen LogP contribution is 2.24. The number of hydrogen-bond donors (Lipinski definition) is 0. The Hall–Kier alpha value is -1.36. The van der Waals surface area contributed by atoms with Gasteiger partial charge in [0.05, 0.1) is 19.2 Å². The van der Waals surface area contributed by atoms with E-state index in [1.807, 2.05) is 24.3 Å². The monoisotopic (exact) mass is 295 g/mol. The van der Waals surface area contributed by atoms with Gasteiger partial charge in [-0.1, -0.05) is 11.6 Å². The average molecular weight is 296 g/mol. The fourth-order valence-corrected chi connectivity index (χ4v) is 2.08. The zero-order valence-corrected chi connectivity index (χ0v) is 12.4. The maximum Gasteiger partial charge on any atom is 0.135 e. The van der Waals surface area contributed by atoms with Crippen molar-refractivity contribution in [3.8, 4) is 5.75 Å². The predicted octanol–water partition coefficient (Wildman–Crippen LogP) is 3.45. The van der Waals surface area contributed by atoms with Crippen LogP contribution in [0.1, 0.15) is 12.0 Å². The molecule has 0 saturated carbocycles. The first-order chi connectivity index (χ1) is 9.74. The van der Waals surface area contributed by atoms with Crippen molar-refractivity contribution < 1.29 is 14.2 Å². The van der Waals surface area contributed by atoms with E-state index in [9.17, 15) is 0 Å². The SMILES string of the molecule is COCCCOCc1cc2ccc(OC)cc2nc1Cl. The molecular formula is C15H18ClNO3. The van der Waals surface area contributed by atoms with E-state index in [-0.39, 0.29) is 0 Å². The molecule has 1 aromatic carbocycles. The Balaban J connectivity index is 2.08. The van der Waals surface area contributed by atoms with E-state index < -0.39 is 0 Å². The van der Waals surface area contributed by atoms with Crippen LogP contribution in [0.5, 0.6) is 5.75 Å². The molecule has 20 heavy (non-hydrogen) atoms. The second-order valence-corrected chi connectivity index (χ2v) is 4.75. The highest BCUT2D eigenvalue weighted by molar-refractivity contribution is 6.30. The van der Waals surface area contributed by atoms with Gasteiger partial charge in [-0.05, 0) is 24.6 Å². The van der Waals surface area contributed by atoms with E-state index in [1.165, 1.54) is 0 Å². The van der Waals surface area contributed by atoms with Crippen LogP contribution in [0.4, 0.5) is 0 Å². The first kappa shape index (κ1) is 15.0. The summed E-state index contributed by atoms with van der Waals surface area (Å²) in [5.74, 6) is 0.768. The molecule has 5 heteroatoms. The topological polar surface area (TPSA) is 40.6 Å². The third-order valence-electron chi connectivity index (χ3n) is 2.95. The molecule has 0 unspecified atom stereocenters. The Morgan fingerprint density at radius 1 is 1.15 bits per heavy atom. The standard InChI is InChI=1S/C15H18ClNO3/c1-18-6-3-7-20-10-12-8-11-4-5-13(19-2)9-14(11)17-15(12)16/h4-5,8-9H,3,6-7,10H2,1-2H3. The molecule has 1 aromatic heterocycles. The van der Waals surface area contributed by atoms with E-state index in [0.717, 1.165) is 28.6 Å². The lowest BCUT2D eigenvalue weighted by atomic mass is 10.1. The van der Waals surface area contributed by atoms with Crippen molar-refractivity contribution in [2.24, 2.45) is 0 Å². The molecule has 0 radical (unpaired) electrons. The number of halogens is 1. The zero-order valence-electron chi connectivity index (χ0n) is 11.7. The van der Waals surface area contributed by atoms with Gasteiger partial charge in [0.2, 0.25) is 0 Å². The second kappa shape index (κ2) is 7.43. The van der Waals surface area contributed by atoms with Crippen molar-refractivity contribution >= 4 is 22.5 Å². The highest BCUT2D eigenvalue weighted by Gasteiger charge is 2.06. The fourth-order valence-electron chi connectivity index (χ4n) is 1.88. The Morgan fingerprint density at radius 2 is 2.00 bits per heavy atom. The van der Waals surface area contributed by atoms with E-state index in [0.29, 0.717) is 25.0 Å². The zero-order chi connectivity index (χ0) is 14.4. The number of hydrogen-bond acceptors (Lipinski definition) is 4. The summed E-state index contributed by atoms with van der Waals surface area (Å²) in [7, 11) is 3.31. The summed E-state index contributed by atoms with van der Waals surface area (Å²) in [6.45, 7) is 1.80.